The number of fused-ring (bicyclic) bond motifs is 1. The molecule has 0 fully saturated rings. The van der Waals surface area contributed by atoms with Crippen LogP contribution in [0.5, 0.6) is 0 Å². The Labute approximate surface area is 215 Å². The van der Waals surface area contributed by atoms with Gasteiger partial charge in [-0.2, -0.15) is 0 Å². The van der Waals surface area contributed by atoms with Crippen LogP contribution in [0, 0.1) is 0 Å². The number of carbonyl (C=O) groups is 1. The molecule has 5 aromatic rings. The Morgan fingerprint density at radius 3 is 2.49 bits per heavy atom. The highest BCUT2D eigenvalue weighted by molar-refractivity contribution is 7.22. The predicted octanol–water partition coefficient (Wildman–Crippen LogP) is 6.88. The average molecular weight is 503 g/mol. The zero-order chi connectivity index (χ0) is 23.3. The lowest BCUT2D eigenvalue weighted by Gasteiger charge is -2.20. The van der Waals surface area contributed by atoms with Gasteiger partial charge in [-0.3, -0.25) is 9.69 Å². The van der Waals surface area contributed by atoms with Gasteiger partial charge in [0.2, 0.25) is 0 Å². The second-order valence-corrected chi connectivity index (χ2v) is 9.22. The Balaban J connectivity index is 0.00000289. The molecule has 1 amide bonds. The predicted molar refractivity (Wildman–Crippen MR) is 147 cm³/mol. The summed E-state index contributed by atoms with van der Waals surface area (Å²) in [6.07, 6.45) is 7.30. The number of hydrogen-bond donors (Lipinski definition) is 0. The first-order valence-electron chi connectivity index (χ1n) is 11.5. The average Bonchev–Trinajstić information content (AvgIpc) is 3.56. The topological polar surface area (TPSA) is 51.0 Å². The van der Waals surface area contributed by atoms with Crippen LogP contribution in [0.2, 0.25) is 0 Å². The summed E-state index contributed by atoms with van der Waals surface area (Å²) in [5.41, 5.74) is 5.10. The Kier molecular flexibility index (Phi) is 7.95. The molecule has 0 aliphatic rings. The van der Waals surface area contributed by atoms with Gasteiger partial charge in [0.05, 0.1) is 16.5 Å². The molecular weight excluding hydrogens is 476 g/mol. The minimum atomic E-state index is -0.0278. The van der Waals surface area contributed by atoms with Crippen LogP contribution in [0.1, 0.15) is 29.3 Å². The number of nitrogens with zero attached hydrogens (tertiary/aromatic N) is 4. The minimum absolute atomic E-state index is 0. The number of halogens is 1. The first kappa shape index (κ1) is 24.6. The highest BCUT2D eigenvalue weighted by Crippen LogP contribution is 2.31. The van der Waals surface area contributed by atoms with Gasteiger partial charge in [0, 0.05) is 31.0 Å². The van der Waals surface area contributed by atoms with Crippen LogP contribution in [0.3, 0.4) is 0 Å². The van der Waals surface area contributed by atoms with Crippen molar-refractivity contribution in [3.8, 4) is 11.1 Å². The molecule has 0 spiro atoms. The molecule has 5 nitrogen and oxygen atoms in total. The van der Waals surface area contributed by atoms with Crippen molar-refractivity contribution in [2.75, 3.05) is 11.4 Å². The lowest BCUT2D eigenvalue weighted by atomic mass is 10.0. The molecule has 0 atom stereocenters. The summed E-state index contributed by atoms with van der Waals surface area (Å²) in [5, 5.41) is 0.742. The summed E-state index contributed by atoms with van der Waals surface area (Å²) in [7, 11) is 0. The second kappa shape index (κ2) is 11.3. The summed E-state index contributed by atoms with van der Waals surface area (Å²) in [5.74, 6) is -0.0278. The van der Waals surface area contributed by atoms with Crippen molar-refractivity contribution in [3.05, 3.63) is 103 Å². The Hall–Kier alpha value is -3.48. The number of anilines is 1. The summed E-state index contributed by atoms with van der Waals surface area (Å²) in [6, 6.07) is 24.4. The lowest BCUT2D eigenvalue weighted by molar-refractivity contribution is 0.0986. The molecule has 7 heteroatoms. The second-order valence-electron chi connectivity index (χ2n) is 8.21. The largest absolute Gasteiger partial charge is 0.337 e. The number of carbonyl (C=O) groups excluding carboxylic acids is 1. The fraction of sp³-hybridized carbons (Fsp3) is 0.179. The normalized spacial score (nSPS) is 10.8. The number of amides is 1. The molecule has 2 aromatic heterocycles. The van der Waals surface area contributed by atoms with E-state index < -0.39 is 0 Å². The van der Waals surface area contributed by atoms with Gasteiger partial charge in [-0.15, -0.1) is 12.4 Å². The highest BCUT2D eigenvalue weighted by atomic mass is 35.5. The van der Waals surface area contributed by atoms with Crippen LogP contribution in [0.15, 0.2) is 91.5 Å². The van der Waals surface area contributed by atoms with E-state index in [0.717, 1.165) is 45.9 Å². The van der Waals surface area contributed by atoms with Gasteiger partial charge in [-0.05, 0) is 53.8 Å². The Morgan fingerprint density at radius 2 is 1.77 bits per heavy atom. The van der Waals surface area contributed by atoms with Crippen molar-refractivity contribution >= 4 is 45.0 Å². The molecule has 0 saturated heterocycles. The maximum Gasteiger partial charge on any atom is 0.260 e. The van der Waals surface area contributed by atoms with E-state index in [4.69, 9.17) is 4.98 Å². The van der Waals surface area contributed by atoms with Crippen molar-refractivity contribution in [2.45, 2.75) is 26.3 Å². The quantitative estimate of drug-likeness (QED) is 0.232. The number of rotatable bonds is 8. The summed E-state index contributed by atoms with van der Waals surface area (Å²) in [6.45, 7) is 3.52. The zero-order valence-electron chi connectivity index (χ0n) is 19.5. The zero-order valence-corrected chi connectivity index (χ0v) is 21.1. The molecule has 0 saturated carbocycles. The minimum Gasteiger partial charge on any atom is -0.337 e. The van der Waals surface area contributed by atoms with Gasteiger partial charge >= 0.3 is 0 Å². The third-order valence-electron chi connectivity index (χ3n) is 5.92. The fourth-order valence-corrected chi connectivity index (χ4v) is 5.05. The Morgan fingerprint density at radius 1 is 1.00 bits per heavy atom. The molecule has 35 heavy (non-hydrogen) atoms. The van der Waals surface area contributed by atoms with E-state index in [-0.39, 0.29) is 18.3 Å². The third-order valence-corrected chi connectivity index (χ3v) is 6.96. The number of imidazole rings is 1. The van der Waals surface area contributed by atoms with Crippen molar-refractivity contribution in [1.82, 2.24) is 14.5 Å². The molecule has 178 valence electrons. The molecule has 0 N–H and O–H groups in total. The van der Waals surface area contributed by atoms with Crippen LogP contribution >= 0.6 is 23.7 Å². The van der Waals surface area contributed by atoms with E-state index in [2.05, 4.69) is 42.2 Å². The number of aryl methyl sites for hydroxylation is 2. The van der Waals surface area contributed by atoms with Crippen LogP contribution in [-0.4, -0.2) is 27.0 Å². The van der Waals surface area contributed by atoms with E-state index in [1.807, 2.05) is 58.1 Å². The molecule has 2 heterocycles. The van der Waals surface area contributed by atoms with E-state index >= 15 is 0 Å². The fourth-order valence-electron chi connectivity index (χ4n) is 4.00. The van der Waals surface area contributed by atoms with Crippen LogP contribution in [-0.2, 0) is 13.0 Å². The van der Waals surface area contributed by atoms with E-state index in [1.165, 1.54) is 5.56 Å². The van der Waals surface area contributed by atoms with E-state index in [1.54, 1.807) is 23.9 Å². The maximum absolute atomic E-state index is 13.7. The standard InChI is InChI=1S/C28H26N4OS.ClH/c1-2-21-9-14-25-26(19-21)34-28(30-25)32(17-6-16-31-18-15-29-20-31)27(33)24-12-10-23(11-13-24)22-7-4-3-5-8-22;/h3-5,7-15,18-20H,2,6,16-17H2,1H3;1H. The SMILES string of the molecule is CCc1ccc2nc(N(CCCn3ccnc3)C(=O)c3ccc(-c4ccccc4)cc3)sc2c1.Cl. The van der Waals surface area contributed by atoms with Gasteiger partial charge in [0.15, 0.2) is 5.13 Å². The molecular formula is C28H27ClN4OS. The van der Waals surface area contributed by atoms with Crippen LogP contribution in [0.4, 0.5) is 5.13 Å². The molecule has 0 aliphatic heterocycles. The molecule has 0 unspecified atom stereocenters. The Bertz CT molecular complexity index is 1380. The maximum atomic E-state index is 13.7. The van der Waals surface area contributed by atoms with Crippen LogP contribution in [0.25, 0.3) is 21.3 Å². The molecule has 3 aromatic carbocycles. The molecule has 0 radical (unpaired) electrons. The lowest BCUT2D eigenvalue weighted by Crippen LogP contribution is -2.32. The third kappa shape index (κ3) is 5.61. The number of benzene rings is 3. The number of aromatic nitrogens is 3. The van der Waals surface area contributed by atoms with Crippen molar-refractivity contribution in [3.63, 3.8) is 0 Å². The van der Waals surface area contributed by atoms with Gasteiger partial charge in [0.1, 0.15) is 0 Å². The number of hydrogen-bond acceptors (Lipinski definition) is 4. The monoisotopic (exact) mass is 502 g/mol. The molecule has 0 aliphatic carbocycles. The highest BCUT2D eigenvalue weighted by Gasteiger charge is 2.21. The summed E-state index contributed by atoms with van der Waals surface area (Å²) >= 11 is 1.58. The van der Waals surface area contributed by atoms with Gasteiger partial charge in [0.25, 0.3) is 5.91 Å². The smallest absolute Gasteiger partial charge is 0.260 e. The summed E-state index contributed by atoms with van der Waals surface area (Å²) < 4.78 is 3.14. The molecule has 5 rings (SSSR count). The summed E-state index contributed by atoms with van der Waals surface area (Å²) in [4.78, 5) is 24.4. The van der Waals surface area contributed by atoms with Gasteiger partial charge in [-0.25, -0.2) is 9.97 Å². The molecule has 0 bridgehead atoms. The van der Waals surface area contributed by atoms with Crippen molar-refractivity contribution < 1.29 is 4.79 Å². The van der Waals surface area contributed by atoms with E-state index in [9.17, 15) is 4.79 Å². The first-order chi connectivity index (χ1) is 16.7. The number of thiazole rings is 1. The van der Waals surface area contributed by atoms with Crippen molar-refractivity contribution in [2.24, 2.45) is 0 Å². The first-order valence-corrected chi connectivity index (χ1v) is 12.4. The van der Waals surface area contributed by atoms with Crippen molar-refractivity contribution in [1.29, 1.82) is 0 Å². The van der Waals surface area contributed by atoms with Crippen LogP contribution < -0.4 is 4.90 Å². The van der Waals surface area contributed by atoms with Gasteiger partial charge in [-0.1, -0.05) is 66.8 Å². The van der Waals surface area contributed by atoms with Gasteiger partial charge < -0.3 is 4.57 Å². The van der Waals surface area contributed by atoms with E-state index in [0.29, 0.717) is 12.1 Å².